The first-order chi connectivity index (χ1) is 17.3. The molecule has 0 saturated heterocycles. The monoisotopic (exact) mass is 494 g/mol. The van der Waals surface area contributed by atoms with E-state index in [1.807, 2.05) is 30.3 Å². The van der Waals surface area contributed by atoms with E-state index in [4.69, 9.17) is 4.74 Å². The number of benzene rings is 1. The number of hydrogen-bond acceptors (Lipinski definition) is 4. The molecule has 198 valence electrons. The number of hydrogen-bond donors (Lipinski definition) is 2. The molecule has 4 aliphatic rings. The van der Waals surface area contributed by atoms with Gasteiger partial charge in [0.15, 0.2) is 0 Å². The highest BCUT2D eigenvalue weighted by molar-refractivity contribution is 5.69. The van der Waals surface area contributed by atoms with E-state index >= 15 is 0 Å². The van der Waals surface area contributed by atoms with Crippen LogP contribution in [0.3, 0.4) is 0 Å². The maximum absolute atomic E-state index is 12.4. The van der Waals surface area contributed by atoms with Crippen LogP contribution in [0, 0.1) is 40.4 Å². The number of esters is 1. The second-order valence-electron chi connectivity index (χ2n) is 12.9. The summed E-state index contributed by atoms with van der Waals surface area (Å²) >= 11 is 0. The second-order valence-corrected chi connectivity index (χ2v) is 12.9. The van der Waals surface area contributed by atoms with Crippen LogP contribution in [0.1, 0.15) is 90.5 Å². The van der Waals surface area contributed by atoms with E-state index in [2.05, 4.69) is 26.8 Å². The fraction of sp³-hybridized carbons (Fsp3) is 0.719. The van der Waals surface area contributed by atoms with Crippen molar-refractivity contribution in [1.82, 2.24) is 0 Å². The van der Waals surface area contributed by atoms with Gasteiger partial charge < -0.3 is 14.9 Å². The van der Waals surface area contributed by atoms with Crippen molar-refractivity contribution in [3.63, 3.8) is 0 Å². The second kappa shape index (κ2) is 10.3. The number of aliphatic hydroxyl groups excluding tert-OH is 2. The Morgan fingerprint density at radius 2 is 1.75 bits per heavy atom. The first-order valence-electron chi connectivity index (χ1n) is 14.5. The molecule has 9 atom stereocenters. The molecule has 0 radical (unpaired) electrons. The molecule has 1 aromatic carbocycles. The molecule has 4 fully saturated rings. The number of rotatable bonds is 6. The van der Waals surface area contributed by atoms with Crippen LogP contribution >= 0.6 is 0 Å². The largest absolute Gasteiger partial charge is 0.461 e. The van der Waals surface area contributed by atoms with Gasteiger partial charge in [0.1, 0.15) is 6.61 Å². The quantitative estimate of drug-likeness (QED) is 0.352. The molecular formula is C32H46O4. The summed E-state index contributed by atoms with van der Waals surface area (Å²) in [7, 11) is 0. The van der Waals surface area contributed by atoms with E-state index in [1.54, 1.807) is 0 Å². The lowest BCUT2D eigenvalue weighted by Gasteiger charge is -2.63. The number of fused-ring (bicyclic) bond motifs is 5. The molecule has 0 bridgehead atoms. The molecule has 1 aromatic rings. The minimum absolute atomic E-state index is 0.0962. The molecular weight excluding hydrogens is 448 g/mol. The molecule has 5 unspecified atom stereocenters. The van der Waals surface area contributed by atoms with Crippen LogP contribution in [0.4, 0.5) is 0 Å². The van der Waals surface area contributed by atoms with E-state index in [9.17, 15) is 15.0 Å². The fourth-order valence-electron chi connectivity index (χ4n) is 9.36. The molecule has 36 heavy (non-hydrogen) atoms. The Bertz CT molecular complexity index is 956. The third kappa shape index (κ3) is 4.47. The predicted molar refractivity (Wildman–Crippen MR) is 142 cm³/mol. The van der Waals surface area contributed by atoms with Crippen molar-refractivity contribution in [1.29, 1.82) is 0 Å². The smallest absolute Gasteiger partial charge is 0.306 e. The zero-order chi connectivity index (χ0) is 25.5. The molecule has 0 aliphatic heterocycles. The highest BCUT2D eigenvalue weighted by Crippen LogP contribution is 2.68. The van der Waals surface area contributed by atoms with Crippen LogP contribution in [-0.4, -0.2) is 28.4 Å². The lowest BCUT2D eigenvalue weighted by Crippen LogP contribution is -2.59. The third-order valence-electron chi connectivity index (χ3n) is 11.3. The van der Waals surface area contributed by atoms with Crippen molar-refractivity contribution in [2.24, 2.45) is 40.4 Å². The van der Waals surface area contributed by atoms with E-state index in [-0.39, 0.29) is 29.0 Å². The van der Waals surface area contributed by atoms with Gasteiger partial charge in [-0.05, 0) is 116 Å². The molecule has 0 spiro atoms. The summed E-state index contributed by atoms with van der Waals surface area (Å²) in [6.07, 6.45) is 11.6. The van der Waals surface area contributed by atoms with Crippen LogP contribution in [0.5, 0.6) is 0 Å². The minimum Gasteiger partial charge on any atom is -0.461 e. The highest BCUT2D eigenvalue weighted by Gasteiger charge is 2.63. The van der Waals surface area contributed by atoms with Crippen molar-refractivity contribution in [3.8, 4) is 0 Å². The SMILES string of the molecule is C/C=C1/C(O)C2C(CC[C@@]3(C)C2CC[C@@H]3CCCC(=O)OCc2ccccc2)[C@@]2(C)CC[C@@H](O)CC12. The van der Waals surface area contributed by atoms with Crippen molar-refractivity contribution < 1.29 is 19.7 Å². The van der Waals surface area contributed by atoms with Crippen molar-refractivity contribution in [2.75, 3.05) is 0 Å². The van der Waals surface area contributed by atoms with Crippen molar-refractivity contribution in [2.45, 2.75) is 104 Å². The lowest BCUT2D eigenvalue weighted by atomic mass is 9.43. The summed E-state index contributed by atoms with van der Waals surface area (Å²) < 4.78 is 5.51. The van der Waals surface area contributed by atoms with E-state index in [0.29, 0.717) is 42.6 Å². The van der Waals surface area contributed by atoms with Gasteiger partial charge in [0.05, 0.1) is 12.2 Å². The minimum atomic E-state index is -0.375. The molecule has 4 nitrogen and oxygen atoms in total. The van der Waals surface area contributed by atoms with E-state index in [0.717, 1.165) is 37.7 Å². The van der Waals surface area contributed by atoms with Gasteiger partial charge in [-0.1, -0.05) is 50.3 Å². The average molecular weight is 495 g/mol. The normalized spacial score (nSPS) is 42.9. The van der Waals surface area contributed by atoms with Crippen LogP contribution in [0.25, 0.3) is 0 Å². The Morgan fingerprint density at radius 3 is 2.50 bits per heavy atom. The van der Waals surface area contributed by atoms with Crippen LogP contribution < -0.4 is 0 Å². The summed E-state index contributed by atoms with van der Waals surface area (Å²) in [6, 6.07) is 9.88. The molecule has 4 saturated carbocycles. The average Bonchev–Trinajstić information content (AvgIpc) is 3.21. The summed E-state index contributed by atoms with van der Waals surface area (Å²) in [6.45, 7) is 7.39. The zero-order valence-corrected chi connectivity index (χ0v) is 22.5. The van der Waals surface area contributed by atoms with Gasteiger partial charge in [-0.15, -0.1) is 0 Å². The molecule has 4 aliphatic carbocycles. The van der Waals surface area contributed by atoms with Gasteiger partial charge in [-0.25, -0.2) is 0 Å². The van der Waals surface area contributed by atoms with E-state index < -0.39 is 0 Å². The number of carbonyl (C=O) groups is 1. The fourth-order valence-corrected chi connectivity index (χ4v) is 9.36. The van der Waals surface area contributed by atoms with Gasteiger partial charge in [-0.3, -0.25) is 4.79 Å². The lowest BCUT2D eigenvalue weighted by molar-refractivity contribution is -0.146. The molecule has 0 heterocycles. The van der Waals surface area contributed by atoms with Crippen molar-refractivity contribution in [3.05, 3.63) is 47.5 Å². The van der Waals surface area contributed by atoms with Crippen LogP contribution in [-0.2, 0) is 16.1 Å². The highest BCUT2D eigenvalue weighted by atomic mass is 16.5. The maximum Gasteiger partial charge on any atom is 0.306 e. The summed E-state index contributed by atoms with van der Waals surface area (Å²) in [5.41, 5.74) is 2.66. The van der Waals surface area contributed by atoms with Gasteiger partial charge in [0.25, 0.3) is 0 Å². The first kappa shape index (κ1) is 26.0. The topological polar surface area (TPSA) is 66.8 Å². The Kier molecular flexibility index (Phi) is 7.40. The number of carbonyl (C=O) groups excluding carboxylic acids is 1. The third-order valence-corrected chi connectivity index (χ3v) is 11.3. The number of aliphatic hydroxyl groups is 2. The standard InChI is InChI=1S/C32H46O4/c1-4-24-27-19-23(33)15-17-32(27,3)26-16-18-31(2)22(13-14-25(31)29(26)30(24)35)11-8-12-28(34)36-20-21-9-6-5-7-10-21/h4-7,9-10,22-23,25-27,29-30,33,35H,8,11-20H2,1-3H3/b24-4+/t22-,23+,25?,26?,27?,29?,30?,31+,32+/m0/s1. The van der Waals surface area contributed by atoms with Gasteiger partial charge in [0.2, 0.25) is 0 Å². The maximum atomic E-state index is 12.4. The van der Waals surface area contributed by atoms with Gasteiger partial charge >= 0.3 is 5.97 Å². The van der Waals surface area contributed by atoms with Gasteiger partial charge in [-0.2, -0.15) is 0 Å². The Labute approximate surface area is 217 Å². The Morgan fingerprint density at radius 1 is 1.03 bits per heavy atom. The molecule has 2 N–H and O–H groups in total. The summed E-state index contributed by atoms with van der Waals surface area (Å²) in [5, 5.41) is 22.2. The van der Waals surface area contributed by atoms with Crippen LogP contribution in [0.2, 0.25) is 0 Å². The zero-order valence-electron chi connectivity index (χ0n) is 22.5. The molecule has 4 heteroatoms. The molecule has 5 rings (SSSR count). The summed E-state index contributed by atoms with van der Waals surface area (Å²) in [5.74, 6) is 2.24. The Hall–Kier alpha value is -1.65. The number of ether oxygens (including phenoxy) is 1. The van der Waals surface area contributed by atoms with E-state index in [1.165, 1.54) is 31.3 Å². The van der Waals surface area contributed by atoms with Crippen LogP contribution in [0.15, 0.2) is 42.0 Å². The predicted octanol–water partition coefficient (Wildman–Crippen LogP) is 6.45. The molecule has 0 aromatic heterocycles. The number of allylic oxidation sites excluding steroid dienone is 1. The molecule has 0 amide bonds. The first-order valence-corrected chi connectivity index (χ1v) is 14.5. The Balaban J connectivity index is 1.23. The van der Waals surface area contributed by atoms with Gasteiger partial charge in [0, 0.05) is 6.42 Å². The van der Waals surface area contributed by atoms with Crippen molar-refractivity contribution >= 4 is 5.97 Å². The summed E-state index contributed by atoms with van der Waals surface area (Å²) in [4.78, 5) is 12.4.